The molecule has 4 nitrogen and oxygen atoms in total. The van der Waals surface area contributed by atoms with Crippen LogP contribution in [0, 0.1) is 11.3 Å². The van der Waals surface area contributed by atoms with Crippen LogP contribution in [0.25, 0.3) is 0 Å². The summed E-state index contributed by atoms with van der Waals surface area (Å²) in [5, 5.41) is 16.4. The molecule has 3 atom stereocenters. The Labute approximate surface area is 160 Å². The van der Waals surface area contributed by atoms with Crippen molar-refractivity contribution in [2.45, 2.75) is 59.1 Å². The molecule has 0 bridgehead atoms. The Morgan fingerprint density at radius 3 is 2.52 bits per heavy atom. The van der Waals surface area contributed by atoms with Crippen molar-refractivity contribution in [3.8, 4) is 0 Å². The van der Waals surface area contributed by atoms with Crippen molar-refractivity contribution in [3.63, 3.8) is 0 Å². The fraction of sp³-hybridized carbons (Fsp3) is 0.579. The minimum atomic E-state index is -0.504. The molecule has 0 aliphatic rings. The fourth-order valence-corrected chi connectivity index (χ4v) is 3.51. The summed E-state index contributed by atoms with van der Waals surface area (Å²) in [6.07, 6.45) is 5.38. The van der Waals surface area contributed by atoms with Crippen molar-refractivity contribution in [1.29, 1.82) is 0 Å². The third kappa shape index (κ3) is 5.70. The molecule has 6 heteroatoms. The highest BCUT2D eigenvalue weighted by Gasteiger charge is 2.33. The van der Waals surface area contributed by atoms with Crippen LogP contribution in [0.5, 0.6) is 0 Å². The zero-order chi connectivity index (χ0) is 18.6. The molecule has 1 aromatic heterocycles. The van der Waals surface area contributed by atoms with Gasteiger partial charge in [-0.05, 0) is 48.3 Å². The number of aliphatic hydroxyl groups excluding tert-OH is 1. The number of aromatic nitrogens is 3. The van der Waals surface area contributed by atoms with E-state index in [-0.39, 0.29) is 11.5 Å². The Bertz CT molecular complexity index is 668. The van der Waals surface area contributed by atoms with Gasteiger partial charge in [-0.3, -0.25) is 0 Å². The monoisotopic (exact) mass is 383 g/mol. The summed E-state index contributed by atoms with van der Waals surface area (Å²) < 4.78 is 1.78. The van der Waals surface area contributed by atoms with Crippen LogP contribution >= 0.6 is 23.2 Å². The number of hydrogen-bond acceptors (Lipinski definition) is 3. The highest BCUT2D eigenvalue weighted by molar-refractivity contribution is 6.35. The van der Waals surface area contributed by atoms with Crippen molar-refractivity contribution in [3.05, 3.63) is 46.5 Å². The molecule has 0 fully saturated rings. The van der Waals surface area contributed by atoms with Crippen LogP contribution in [0.2, 0.25) is 10.0 Å². The molecule has 138 valence electrons. The SMILES string of the molecule is CC(CCc1ccc(Cl)cc1Cl)CC(C(O)C(C)(C)C)n1cncn1. The van der Waals surface area contributed by atoms with E-state index in [1.54, 1.807) is 17.1 Å². The molecule has 3 unspecified atom stereocenters. The van der Waals surface area contributed by atoms with Gasteiger partial charge in [-0.1, -0.05) is 57.0 Å². The van der Waals surface area contributed by atoms with Gasteiger partial charge in [0.05, 0.1) is 12.1 Å². The molecule has 1 aromatic carbocycles. The molecule has 0 aliphatic carbocycles. The number of aryl methyl sites for hydroxylation is 1. The summed E-state index contributed by atoms with van der Waals surface area (Å²) in [5.74, 6) is 0.401. The first kappa shape index (κ1) is 20.2. The lowest BCUT2D eigenvalue weighted by Gasteiger charge is -2.34. The molecule has 25 heavy (non-hydrogen) atoms. The summed E-state index contributed by atoms with van der Waals surface area (Å²) >= 11 is 12.2. The predicted octanol–water partition coefficient (Wildman–Crippen LogP) is 5.19. The van der Waals surface area contributed by atoms with Crippen LogP contribution in [0.1, 0.15) is 52.1 Å². The lowest BCUT2D eigenvalue weighted by atomic mass is 9.81. The van der Waals surface area contributed by atoms with E-state index in [0.717, 1.165) is 24.8 Å². The summed E-state index contributed by atoms with van der Waals surface area (Å²) in [6.45, 7) is 8.32. The minimum absolute atomic E-state index is 0.0989. The van der Waals surface area contributed by atoms with Crippen LogP contribution < -0.4 is 0 Å². The first-order valence-corrected chi connectivity index (χ1v) is 9.40. The maximum atomic E-state index is 10.8. The van der Waals surface area contributed by atoms with Crippen LogP contribution in [0.3, 0.4) is 0 Å². The van der Waals surface area contributed by atoms with Crippen molar-refractivity contribution in [2.75, 3.05) is 0 Å². The standard InChI is InChI=1S/C19H27Cl2N3O/c1-13(5-6-14-7-8-15(20)10-16(14)21)9-17(18(25)19(2,3)4)24-12-22-11-23-24/h7-8,10-13,17-18,25H,5-6,9H2,1-4H3. The van der Waals surface area contributed by atoms with Crippen molar-refractivity contribution < 1.29 is 5.11 Å². The maximum absolute atomic E-state index is 10.8. The average Bonchev–Trinajstić information content (AvgIpc) is 3.04. The predicted molar refractivity (Wildman–Crippen MR) is 103 cm³/mol. The number of rotatable bonds is 7. The van der Waals surface area contributed by atoms with Crippen molar-refractivity contribution in [2.24, 2.45) is 11.3 Å². The summed E-state index contributed by atoms with van der Waals surface area (Å²) in [6, 6.07) is 5.54. The third-order valence-corrected chi connectivity index (χ3v) is 5.18. The van der Waals surface area contributed by atoms with Gasteiger partial charge in [0.1, 0.15) is 12.7 Å². The molecular formula is C19H27Cl2N3O. The van der Waals surface area contributed by atoms with Crippen molar-refractivity contribution >= 4 is 23.2 Å². The molecule has 0 amide bonds. The van der Waals surface area contributed by atoms with E-state index in [9.17, 15) is 5.11 Å². The number of hydrogen-bond donors (Lipinski definition) is 1. The van der Waals surface area contributed by atoms with E-state index in [4.69, 9.17) is 23.2 Å². The van der Waals surface area contributed by atoms with Crippen LogP contribution in [-0.4, -0.2) is 26.0 Å². The third-order valence-electron chi connectivity index (χ3n) is 4.59. The molecular weight excluding hydrogens is 357 g/mol. The second-order valence-electron chi connectivity index (χ2n) is 7.87. The van der Waals surface area contributed by atoms with Gasteiger partial charge < -0.3 is 5.11 Å². The Morgan fingerprint density at radius 2 is 1.96 bits per heavy atom. The zero-order valence-electron chi connectivity index (χ0n) is 15.3. The molecule has 0 aliphatic heterocycles. The Morgan fingerprint density at radius 1 is 1.24 bits per heavy atom. The van der Waals surface area contributed by atoms with Gasteiger partial charge in [-0.25, -0.2) is 9.67 Å². The normalized spacial score (nSPS) is 15.8. The first-order valence-electron chi connectivity index (χ1n) is 8.64. The summed E-state index contributed by atoms with van der Waals surface area (Å²) in [7, 11) is 0. The van der Waals surface area contributed by atoms with E-state index in [1.165, 1.54) is 6.33 Å². The summed E-state index contributed by atoms with van der Waals surface area (Å²) in [4.78, 5) is 4.04. The molecule has 0 spiro atoms. The lowest BCUT2D eigenvalue weighted by molar-refractivity contribution is 0.00402. The second-order valence-corrected chi connectivity index (χ2v) is 8.71. The number of nitrogens with zero attached hydrogens (tertiary/aromatic N) is 3. The molecule has 2 rings (SSSR count). The quantitative estimate of drug-likeness (QED) is 0.715. The molecule has 0 radical (unpaired) electrons. The highest BCUT2D eigenvalue weighted by atomic mass is 35.5. The van der Waals surface area contributed by atoms with Crippen LogP contribution in [0.15, 0.2) is 30.9 Å². The van der Waals surface area contributed by atoms with E-state index in [1.807, 2.05) is 32.9 Å². The Hall–Kier alpha value is -1.10. The average molecular weight is 384 g/mol. The zero-order valence-corrected chi connectivity index (χ0v) is 16.8. The first-order chi connectivity index (χ1) is 11.7. The van der Waals surface area contributed by atoms with E-state index >= 15 is 0 Å². The van der Waals surface area contributed by atoms with Gasteiger partial charge in [-0.15, -0.1) is 0 Å². The van der Waals surface area contributed by atoms with E-state index < -0.39 is 6.10 Å². The van der Waals surface area contributed by atoms with E-state index in [2.05, 4.69) is 17.0 Å². The number of benzene rings is 1. The molecule has 1 heterocycles. The maximum Gasteiger partial charge on any atom is 0.137 e. The summed E-state index contributed by atoms with van der Waals surface area (Å²) in [5.41, 5.74) is 0.877. The number of aliphatic hydroxyl groups is 1. The smallest absolute Gasteiger partial charge is 0.137 e. The molecule has 1 N–H and O–H groups in total. The van der Waals surface area contributed by atoms with Gasteiger partial charge in [0.2, 0.25) is 0 Å². The van der Waals surface area contributed by atoms with Gasteiger partial charge in [-0.2, -0.15) is 5.10 Å². The van der Waals surface area contributed by atoms with Crippen molar-refractivity contribution in [1.82, 2.24) is 14.8 Å². The largest absolute Gasteiger partial charge is 0.390 e. The molecule has 0 saturated carbocycles. The van der Waals surface area contributed by atoms with E-state index in [0.29, 0.717) is 16.0 Å². The van der Waals surface area contributed by atoms with Gasteiger partial charge >= 0.3 is 0 Å². The van der Waals surface area contributed by atoms with Gasteiger partial charge in [0, 0.05) is 10.0 Å². The Balaban J connectivity index is 2.03. The van der Waals surface area contributed by atoms with Crippen LogP contribution in [0.4, 0.5) is 0 Å². The van der Waals surface area contributed by atoms with Gasteiger partial charge in [0.15, 0.2) is 0 Å². The lowest BCUT2D eigenvalue weighted by Crippen LogP contribution is -2.36. The molecule has 0 saturated heterocycles. The second kappa shape index (κ2) is 8.52. The minimum Gasteiger partial charge on any atom is -0.390 e. The van der Waals surface area contributed by atoms with Gasteiger partial charge in [0.25, 0.3) is 0 Å². The molecule has 2 aromatic rings. The fourth-order valence-electron chi connectivity index (χ4n) is 3.00. The highest BCUT2D eigenvalue weighted by Crippen LogP contribution is 2.33. The topological polar surface area (TPSA) is 50.9 Å². The number of halogens is 2. The van der Waals surface area contributed by atoms with Crippen LogP contribution in [-0.2, 0) is 6.42 Å². The Kier molecular flexibility index (Phi) is 6.89.